The summed E-state index contributed by atoms with van der Waals surface area (Å²) in [6, 6.07) is 7.20. The van der Waals surface area contributed by atoms with Crippen molar-refractivity contribution < 1.29 is 4.79 Å². The molecule has 104 valence electrons. The smallest absolute Gasteiger partial charge is 0.264 e. The highest BCUT2D eigenvalue weighted by molar-refractivity contribution is 6.31. The summed E-state index contributed by atoms with van der Waals surface area (Å²) < 4.78 is 0. The van der Waals surface area contributed by atoms with Crippen molar-refractivity contribution in [2.45, 2.75) is 20.4 Å². The van der Waals surface area contributed by atoms with Crippen molar-refractivity contribution >= 4 is 17.5 Å². The van der Waals surface area contributed by atoms with Crippen LogP contribution in [0.25, 0.3) is 0 Å². The molecule has 0 bridgehead atoms. The number of carbonyl (C=O) groups is 1. The van der Waals surface area contributed by atoms with Crippen LogP contribution < -0.4 is 10.9 Å². The molecule has 0 aliphatic carbocycles. The van der Waals surface area contributed by atoms with E-state index in [1.807, 2.05) is 18.2 Å². The highest BCUT2D eigenvalue weighted by Gasteiger charge is 2.15. The quantitative estimate of drug-likeness (QED) is 0.908. The van der Waals surface area contributed by atoms with Gasteiger partial charge in [-0.2, -0.15) is 0 Å². The van der Waals surface area contributed by atoms with Gasteiger partial charge in [-0.25, -0.2) is 4.98 Å². The second-order valence-electron chi connectivity index (χ2n) is 4.39. The third-order valence-corrected chi connectivity index (χ3v) is 3.21. The molecular formula is C14H14ClN3O2. The Morgan fingerprint density at radius 1 is 1.35 bits per heavy atom. The fourth-order valence-corrected chi connectivity index (χ4v) is 2.10. The number of hydrogen-bond donors (Lipinski definition) is 2. The number of aromatic amines is 1. The van der Waals surface area contributed by atoms with Gasteiger partial charge >= 0.3 is 0 Å². The normalized spacial score (nSPS) is 10.3. The molecule has 0 spiro atoms. The summed E-state index contributed by atoms with van der Waals surface area (Å²) in [4.78, 5) is 30.5. The van der Waals surface area contributed by atoms with Crippen molar-refractivity contribution in [3.05, 3.63) is 62.3 Å². The minimum atomic E-state index is -0.462. The summed E-state index contributed by atoms with van der Waals surface area (Å²) in [7, 11) is 0. The molecule has 2 rings (SSSR count). The molecule has 0 aliphatic rings. The Labute approximate surface area is 121 Å². The van der Waals surface area contributed by atoms with E-state index in [2.05, 4.69) is 15.3 Å². The Bertz CT molecular complexity index is 710. The zero-order chi connectivity index (χ0) is 14.7. The largest absolute Gasteiger partial charge is 0.348 e. The Kier molecular flexibility index (Phi) is 4.20. The van der Waals surface area contributed by atoms with E-state index >= 15 is 0 Å². The van der Waals surface area contributed by atoms with Crippen LogP contribution in [0.4, 0.5) is 0 Å². The van der Waals surface area contributed by atoms with Crippen LogP contribution in [-0.2, 0) is 6.54 Å². The van der Waals surface area contributed by atoms with Gasteiger partial charge in [0.15, 0.2) is 0 Å². The number of carbonyl (C=O) groups excluding carboxylic acids is 1. The topological polar surface area (TPSA) is 74.8 Å². The van der Waals surface area contributed by atoms with E-state index in [9.17, 15) is 9.59 Å². The number of aryl methyl sites for hydroxylation is 2. The number of amides is 1. The number of halogens is 1. The molecule has 6 heteroatoms. The van der Waals surface area contributed by atoms with Gasteiger partial charge in [-0.15, -0.1) is 0 Å². The van der Waals surface area contributed by atoms with Crippen LogP contribution in [0, 0.1) is 13.8 Å². The van der Waals surface area contributed by atoms with Crippen LogP contribution >= 0.6 is 11.6 Å². The number of aromatic nitrogens is 2. The minimum Gasteiger partial charge on any atom is -0.348 e. The second kappa shape index (κ2) is 5.88. The van der Waals surface area contributed by atoms with Gasteiger partial charge in [-0.05, 0) is 25.5 Å². The average Bonchev–Trinajstić information content (AvgIpc) is 2.36. The van der Waals surface area contributed by atoms with E-state index in [-0.39, 0.29) is 12.1 Å². The summed E-state index contributed by atoms with van der Waals surface area (Å²) >= 11 is 6.01. The maximum Gasteiger partial charge on any atom is 0.264 e. The fraction of sp³-hybridized carbons (Fsp3) is 0.214. The van der Waals surface area contributed by atoms with Crippen molar-refractivity contribution in [3.8, 4) is 0 Å². The molecule has 1 aromatic carbocycles. The van der Waals surface area contributed by atoms with Gasteiger partial charge in [0.1, 0.15) is 11.4 Å². The van der Waals surface area contributed by atoms with Crippen molar-refractivity contribution in [1.29, 1.82) is 0 Å². The summed E-state index contributed by atoms with van der Waals surface area (Å²) in [5.41, 5.74) is 0.786. The summed E-state index contributed by atoms with van der Waals surface area (Å²) in [6.07, 6.45) is 0. The molecule has 2 N–H and O–H groups in total. The number of hydrogen-bond acceptors (Lipinski definition) is 3. The third kappa shape index (κ3) is 3.05. The van der Waals surface area contributed by atoms with Gasteiger partial charge < -0.3 is 10.3 Å². The number of rotatable bonds is 3. The molecule has 0 fully saturated rings. The maximum atomic E-state index is 12.1. The van der Waals surface area contributed by atoms with E-state index in [0.717, 1.165) is 5.56 Å². The SMILES string of the molecule is Cc1nc(C)c(C(=O)NCc2ccccc2Cl)c(=O)[nH]1. The lowest BCUT2D eigenvalue weighted by Crippen LogP contribution is -2.31. The Hall–Kier alpha value is -2.14. The van der Waals surface area contributed by atoms with Gasteiger partial charge in [0.25, 0.3) is 11.5 Å². The first-order valence-corrected chi connectivity index (χ1v) is 6.46. The van der Waals surface area contributed by atoms with E-state index in [1.165, 1.54) is 0 Å². The number of H-pyrrole nitrogens is 1. The van der Waals surface area contributed by atoms with Crippen molar-refractivity contribution in [1.82, 2.24) is 15.3 Å². The van der Waals surface area contributed by atoms with Crippen LogP contribution in [-0.4, -0.2) is 15.9 Å². The molecule has 1 heterocycles. The third-order valence-electron chi connectivity index (χ3n) is 2.84. The predicted molar refractivity (Wildman–Crippen MR) is 77.0 cm³/mol. The summed E-state index contributed by atoms with van der Waals surface area (Å²) in [6.45, 7) is 3.55. The summed E-state index contributed by atoms with van der Waals surface area (Å²) in [5.74, 6) is 0.0197. The molecule has 1 aromatic heterocycles. The van der Waals surface area contributed by atoms with Crippen LogP contribution in [0.15, 0.2) is 29.1 Å². The first-order valence-electron chi connectivity index (χ1n) is 6.08. The number of nitrogens with zero attached hydrogens (tertiary/aromatic N) is 1. The van der Waals surface area contributed by atoms with E-state index in [1.54, 1.807) is 19.9 Å². The van der Waals surface area contributed by atoms with Crippen LogP contribution in [0.1, 0.15) is 27.4 Å². The molecular weight excluding hydrogens is 278 g/mol. The molecule has 2 aromatic rings. The van der Waals surface area contributed by atoms with Gasteiger partial charge in [-0.3, -0.25) is 9.59 Å². The van der Waals surface area contributed by atoms with E-state index in [4.69, 9.17) is 11.6 Å². The van der Waals surface area contributed by atoms with Crippen molar-refractivity contribution in [2.24, 2.45) is 0 Å². The zero-order valence-electron chi connectivity index (χ0n) is 11.2. The van der Waals surface area contributed by atoms with Gasteiger partial charge in [0, 0.05) is 11.6 Å². The molecule has 0 unspecified atom stereocenters. The van der Waals surface area contributed by atoms with Crippen LogP contribution in [0.5, 0.6) is 0 Å². The monoisotopic (exact) mass is 291 g/mol. The lowest BCUT2D eigenvalue weighted by atomic mass is 10.2. The minimum absolute atomic E-state index is 0.0302. The van der Waals surface area contributed by atoms with Crippen LogP contribution in [0.3, 0.4) is 0 Å². The predicted octanol–water partition coefficient (Wildman–Crippen LogP) is 1.97. The molecule has 1 amide bonds. The zero-order valence-corrected chi connectivity index (χ0v) is 11.9. The Balaban J connectivity index is 2.18. The lowest BCUT2D eigenvalue weighted by molar-refractivity contribution is 0.0948. The van der Waals surface area contributed by atoms with Gasteiger partial charge in [-0.1, -0.05) is 29.8 Å². The molecule has 5 nitrogen and oxygen atoms in total. The maximum absolute atomic E-state index is 12.1. The first-order chi connectivity index (χ1) is 9.49. The summed E-state index contributed by atoms with van der Waals surface area (Å²) in [5, 5.41) is 3.24. The van der Waals surface area contributed by atoms with E-state index in [0.29, 0.717) is 16.5 Å². The van der Waals surface area contributed by atoms with Crippen molar-refractivity contribution in [2.75, 3.05) is 0 Å². The Morgan fingerprint density at radius 3 is 2.70 bits per heavy atom. The van der Waals surface area contributed by atoms with Crippen LogP contribution in [0.2, 0.25) is 5.02 Å². The van der Waals surface area contributed by atoms with Crippen molar-refractivity contribution in [3.63, 3.8) is 0 Å². The number of benzene rings is 1. The van der Waals surface area contributed by atoms with E-state index < -0.39 is 11.5 Å². The highest BCUT2D eigenvalue weighted by atomic mass is 35.5. The number of nitrogens with one attached hydrogen (secondary N) is 2. The Morgan fingerprint density at radius 2 is 2.05 bits per heavy atom. The average molecular weight is 292 g/mol. The lowest BCUT2D eigenvalue weighted by Gasteiger charge is -2.08. The van der Waals surface area contributed by atoms with Gasteiger partial charge in [0.05, 0.1) is 5.69 Å². The standard InChI is InChI=1S/C14H14ClN3O2/c1-8-12(14(20)18-9(2)17-8)13(19)16-7-10-5-3-4-6-11(10)15/h3-6H,7H2,1-2H3,(H,16,19)(H,17,18,20). The first kappa shape index (κ1) is 14.3. The fourth-order valence-electron chi connectivity index (χ4n) is 1.90. The van der Waals surface area contributed by atoms with Gasteiger partial charge in [0.2, 0.25) is 0 Å². The molecule has 0 aliphatic heterocycles. The second-order valence-corrected chi connectivity index (χ2v) is 4.79. The molecule has 0 atom stereocenters. The molecule has 0 radical (unpaired) electrons. The molecule has 20 heavy (non-hydrogen) atoms. The molecule has 0 saturated heterocycles. The highest BCUT2D eigenvalue weighted by Crippen LogP contribution is 2.14. The molecule has 0 saturated carbocycles.